The first-order valence-electron chi connectivity index (χ1n) is 11.0. The van der Waals surface area contributed by atoms with Gasteiger partial charge >= 0.3 is 5.79 Å². The van der Waals surface area contributed by atoms with Gasteiger partial charge in [0.05, 0.1) is 0 Å². The molecule has 0 bridgehead atoms. The molecule has 0 aliphatic carbocycles. The van der Waals surface area contributed by atoms with Gasteiger partial charge in [0, 0.05) is 94.7 Å². The third kappa shape index (κ3) is 24.7. The average Bonchev–Trinajstić information content (AvgIpc) is 3.03. The van der Waals surface area contributed by atoms with Gasteiger partial charge in [0.25, 0.3) is 0 Å². The molecule has 45 heavy (non-hydrogen) atoms. The van der Waals surface area contributed by atoms with Gasteiger partial charge in [0.2, 0.25) is 18.2 Å². The van der Waals surface area contributed by atoms with Crippen LogP contribution >= 0.6 is 0 Å². The Bertz CT molecular complexity index is 2460. The van der Waals surface area contributed by atoms with Gasteiger partial charge < -0.3 is 0 Å². The molecule has 0 rings (SSSR count). The Hall–Kier alpha value is -9.34. The van der Waals surface area contributed by atoms with E-state index >= 15 is 0 Å². The van der Waals surface area contributed by atoms with Crippen molar-refractivity contribution in [2.75, 3.05) is 0 Å². The van der Waals surface area contributed by atoms with Gasteiger partial charge in [-0.3, -0.25) is 0 Å². The number of hydrogen-bond donors (Lipinski definition) is 0. The molecule has 0 saturated carbocycles. The Kier molecular flexibility index (Phi) is 23.2. The maximum Gasteiger partial charge on any atom is 0.342 e. The van der Waals surface area contributed by atoms with Crippen molar-refractivity contribution in [1.29, 1.82) is 0 Å². The average molecular weight is 561 g/mol. The maximum atomic E-state index is 10.4. The van der Waals surface area contributed by atoms with Gasteiger partial charge in [-0.05, 0) is 108 Å². The monoisotopic (exact) mass is 561 g/mol. The first-order chi connectivity index (χ1) is 22.2. The minimum absolute atomic E-state index is 1.08. The molecule has 0 radical (unpaired) electrons. The highest BCUT2D eigenvalue weighted by molar-refractivity contribution is 5.50. The second-order valence-corrected chi connectivity index (χ2v) is 5.62. The fourth-order valence-corrected chi connectivity index (χ4v) is 1.46. The Balaban J connectivity index is 4.78. The van der Waals surface area contributed by atoms with Crippen LogP contribution in [0.15, 0.2) is 15.0 Å². The van der Waals surface area contributed by atoms with E-state index in [1.807, 2.05) is 0 Å². The molecular formula is C39H3N3O3. The summed E-state index contributed by atoms with van der Waals surface area (Å²) in [6.07, 6.45) is 3.23. The van der Waals surface area contributed by atoms with Crippen LogP contribution in [0.2, 0.25) is 0 Å². The zero-order valence-corrected chi connectivity index (χ0v) is 22.6. The molecule has 0 aromatic rings. The fourth-order valence-electron chi connectivity index (χ4n) is 1.46. The van der Waals surface area contributed by atoms with E-state index in [2.05, 4.69) is 216 Å². The second-order valence-electron chi connectivity index (χ2n) is 5.62. The van der Waals surface area contributed by atoms with Crippen molar-refractivity contribution in [2.24, 2.45) is 15.0 Å². The quantitative estimate of drug-likeness (QED) is 0.270. The molecule has 0 saturated heterocycles. The predicted octanol–water partition coefficient (Wildman–Crippen LogP) is -0.275. The summed E-state index contributed by atoms with van der Waals surface area (Å²) in [5.41, 5.74) is 0. The highest BCUT2D eigenvalue weighted by atomic mass is 16.1. The smallest absolute Gasteiger partial charge is 0.211 e. The fraction of sp³-hybridized carbons (Fsp3) is 0.0513. The van der Waals surface area contributed by atoms with E-state index in [0.717, 1.165) is 18.2 Å². The molecule has 0 N–H and O–H groups in total. The molecule has 192 valence electrons. The van der Waals surface area contributed by atoms with Crippen LogP contribution in [0.1, 0.15) is 6.92 Å². The zero-order valence-electron chi connectivity index (χ0n) is 22.6. The molecule has 0 aliphatic rings. The van der Waals surface area contributed by atoms with Crippen molar-refractivity contribution in [2.45, 2.75) is 12.7 Å². The highest BCUT2D eigenvalue weighted by Gasteiger charge is 2.25. The van der Waals surface area contributed by atoms with E-state index in [1.54, 1.807) is 6.92 Å². The summed E-state index contributed by atoms with van der Waals surface area (Å²) in [7, 11) is 0. The largest absolute Gasteiger partial charge is 0.342 e. The van der Waals surface area contributed by atoms with Gasteiger partial charge in [-0.15, -0.1) is 15.0 Å². The lowest BCUT2D eigenvalue weighted by Gasteiger charge is -2.03. The van der Waals surface area contributed by atoms with Gasteiger partial charge in [0.15, 0.2) is 0 Å². The molecule has 0 aromatic heterocycles. The van der Waals surface area contributed by atoms with Crippen LogP contribution in [-0.4, -0.2) is 24.0 Å². The van der Waals surface area contributed by atoms with Gasteiger partial charge in [0.1, 0.15) is 0 Å². The molecule has 0 atom stereocenters. The molecule has 6 heteroatoms. The number of isocyanates is 3. The molecule has 0 spiro atoms. The van der Waals surface area contributed by atoms with Crippen molar-refractivity contribution in [1.82, 2.24) is 0 Å². The van der Waals surface area contributed by atoms with Crippen molar-refractivity contribution in [3.05, 3.63) is 0 Å². The van der Waals surface area contributed by atoms with E-state index in [0.29, 0.717) is 0 Å². The highest BCUT2D eigenvalue weighted by Crippen LogP contribution is 2.11. The summed E-state index contributed by atoms with van der Waals surface area (Å²) >= 11 is 0. The molecule has 0 aromatic carbocycles. The zero-order chi connectivity index (χ0) is 32.8. The van der Waals surface area contributed by atoms with Crippen molar-refractivity contribution in [3.63, 3.8) is 0 Å². The van der Waals surface area contributed by atoms with Crippen LogP contribution in [0.25, 0.3) is 0 Å². The predicted molar refractivity (Wildman–Crippen MR) is 165 cm³/mol. The first-order valence-corrected chi connectivity index (χ1v) is 11.0. The topological polar surface area (TPSA) is 88.3 Å². The molecular weight excluding hydrogens is 558 g/mol. The summed E-state index contributed by atoms with van der Waals surface area (Å²) in [5, 5.41) is 0. The second kappa shape index (κ2) is 29.2. The third-order valence-electron chi connectivity index (χ3n) is 2.90. The Morgan fingerprint density at radius 2 is 0.467 bits per heavy atom. The number of aliphatic imine (C=N–C) groups is 3. The summed E-state index contributed by atoms with van der Waals surface area (Å²) < 4.78 is 0. The Labute approximate surface area is 261 Å². The van der Waals surface area contributed by atoms with E-state index in [-0.39, 0.29) is 0 Å². The first kappa shape index (κ1) is 35.7. The lowest BCUT2D eigenvalue weighted by atomic mass is 10.3. The minimum Gasteiger partial charge on any atom is -0.211 e. The molecule has 0 aliphatic heterocycles. The summed E-state index contributed by atoms with van der Waals surface area (Å²) in [4.78, 5) is 40.3. The summed E-state index contributed by atoms with van der Waals surface area (Å²) in [6, 6.07) is 0. The SMILES string of the molecule is CC#CC#CC#CC#CC#CC#CC#CC#CC#CC#CC#CC#CC#CC#CC#CC#CC#CC(N=C=O)(N=C=O)N=C=O. The number of carbonyl (C=O) groups excluding carboxylic acids is 3. The van der Waals surface area contributed by atoms with Gasteiger partial charge in [-0.25, -0.2) is 14.4 Å². The lowest BCUT2D eigenvalue weighted by molar-refractivity contribution is 0.522. The molecule has 0 amide bonds. The minimum atomic E-state index is -2.33. The van der Waals surface area contributed by atoms with Crippen molar-refractivity contribution in [3.8, 4) is 201 Å². The van der Waals surface area contributed by atoms with Gasteiger partial charge in [-0.2, -0.15) is 0 Å². The van der Waals surface area contributed by atoms with Gasteiger partial charge in [-0.1, -0.05) is 5.92 Å². The van der Waals surface area contributed by atoms with Crippen LogP contribution in [0.5, 0.6) is 0 Å². The van der Waals surface area contributed by atoms with E-state index < -0.39 is 5.79 Å². The number of hydrogen-bond acceptors (Lipinski definition) is 6. The van der Waals surface area contributed by atoms with Crippen LogP contribution in [0.3, 0.4) is 0 Å². The third-order valence-corrected chi connectivity index (χ3v) is 2.90. The van der Waals surface area contributed by atoms with Crippen LogP contribution in [-0.2, 0) is 14.4 Å². The van der Waals surface area contributed by atoms with E-state index in [4.69, 9.17) is 0 Å². The number of nitrogens with zero attached hydrogens (tertiary/aromatic N) is 3. The van der Waals surface area contributed by atoms with E-state index in [1.165, 1.54) is 0 Å². The number of rotatable bonds is 3. The standard InChI is InChI=1S/C39H3N3O3/c1-2-3-4-5-6-7-8-9-10-11-12-13-14-15-16-17-18-19-20-21-22-23-24-25-26-27-28-29-30-31-32-33-34-35-39(40-36-43,41-37-44)42-38-45/h1H3. The Morgan fingerprint density at radius 1 is 0.289 bits per heavy atom. The summed E-state index contributed by atoms with van der Waals surface area (Å²) in [5.74, 6) is 80.6. The molecule has 0 fully saturated rings. The summed E-state index contributed by atoms with van der Waals surface area (Å²) in [6.45, 7) is 1.68. The van der Waals surface area contributed by atoms with Crippen molar-refractivity contribution < 1.29 is 14.4 Å². The van der Waals surface area contributed by atoms with E-state index in [9.17, 15) is 14.4 Å². The lowest BCUT2D eigenvalue weighted by Crippen LogP contribution is -2.17. The molecule has 0 heterocycles. The molecule has 6 nitrogen and oxygen atoms in total. The van der Waals surface area contributed by atoms with Crippen molar-refractivity contribution >= 4 is 18.2 Å². The van der Waals surface area contributed by atoms with Crippen LogP contribution in [0, 0.1) is 201 Å². The Morgan fingerprint density at radius 3 is 0.644 bits per heavy atom. The van der Waals surface area contributed by atoms with Crippen LogP contribution in [0.4, 0.5) is 0 Å². The maximum absolute atomic E-state index is 10.4. The van der Waals surface area contributed by atoms with Crippen LogP contribution < -0.4 is 0 Å². The normalized spacial score (nSPS) is 6.16. The molecule has 0 unspecified atom stereocenters.